The predicted molar refractivity (Wildman–Crippen MR) is 58.6 cm³/mol. The van der Waals surface area contributed by atoms with Gasteiger partial charge < -0.3 is 4.90 Å². The molecule has 1 aromatic heterocycles. The lowest BCUT2D eigenvalue weighted by Gasteiger charge is -2.23. The molecule has 1 rings (SSSR count). The number of nitriles is 1. The van der Waals surface area contributed by atoms with E-state index in [-0.39, 0.29) is 18.5 Å². The second-order valence-corrected chi connectivity index (χ2v) is 4.31. The SMILES string of the molecule is Cc1ncsc1C(=O)N(CC#N)C(C)C. The van der Waals surface area contributed by atoms with Crippen LogP contribution in [0, 0.1) is 18.3 Å². The summed E-state index contributed by atoms with van der Waals surface area (Å²) in [5.41, 5.74) is 2.38. The van der Waals surface area contributed by atoms with E-state index in [1.807, 2.05) is 19.9 Å². The molecule has 0 fully saturated rings. The zero-order valence-corrected chi connectivity index (χ0v) is 9.84. The molecule has 0 bridgehead atoms. The Hall–Kier alpha value is -1.41. The van der Waals surface area contributed by atoms with Gasteiger partial charge in [0.05, 0.1) is 17.3 Å². The Morgan fingerprint density at radius 2 is 2.40 bits per heavy atom. The van der Waals surface area contributed by atoms with Gasteiger partial charge in [0.25, 0.3) is 5.91 Å². The minimum Gasteiger partial charge on any atom is -0.322 e. The van der Waals surface area contributed by atoms with E-state index >= 15 is 0 Å². The topological polar surface area (TPSA) is 57.0 Å². The number of aromatic nitrogens is 1. The van der Waals surface area contributed by atoms with E-state index in [2.05, 4.69) is 4.98 Å². The first-order chi connectivity index (χ1) is 7.07. The number of carbonyl (C=O) groups excluding carboxylic acids is 1. The zero-order valence-electron chi connectivity index (χ0n) is 9.02. The van der Waals surface area contributed by atoms with Crippen molar-refractivity contribution in [2.75, 3.05) is 6.54 Å². The molecular formula is C10H13N3OS. The van der Waals surface area contributed by atoms with Crippen molar-refractivity contribution in [3.63, 3.8) is 0 Å². The molecule has 1 amide bonds. The van der Waals surface area contributed by atoms with Gasteiger partial charge in [-0.25, -0.2) is 4.98 Å². The molecule has 0 unspecified atom stereocenters. The molecule has 0 saturated carbocycles. The van der Waals surface area contributed by atoms with Crippen molar-refractivity contribution in [2.24, 2.45) is 0 Å². The number of nitrogens with zero attached hydrogens (tertiary/aromatic N) is 3. The molecule has 0 aliphatic heterocycles. The van der Waals surface area contributed by atoms with Crippen LogP contribution in [0.2, 0.25) is 0 Å². The normalized spacial score (nSPS) is 10.1. The lowest BCUT2D eigenvalue weighted by molar-refractivity contribution is 0.0735. The van der Waals surface area contributed by atoms with Crippen molar-refractivity contribution in [3.05, 3.63) is 16.1 Å². The van der Waals surface area contributed by atoms with Crippen molar-refractivity contribution in [2.45, 2.75) is 26.8 Å². The first-order valence-corrected chi connectivity index (χ1v) is 5.54. The van der Waals surface area contributed by atoms with Crippen molar-refractivity contribution < 1.29 is 4.79 Å². The highest BCUT2D eigenvalue weighted by Crippen LogP contribution is 2.16. The van der Waals surface area contributed by atoms with Crippen LogP contribution in [-0.2, 0) is 0 Å². The number of aryl methyl sites for hydroxylation is 1. The summed E-state index contributed by atoms with van der Waals surface area (Å²) in [7, 11) is 0. The van der Waals surface area contributed by atoms with E-state index in [4.69, 9.17) is 5.26 Å². The van der Waals surface area contributed by atoms with Crippen LogP contribution in [-0.4, -0.2) is 28.4 Å². The summed E-state index contributed by atoms with van der Waals surface area (Å²) in [4.78, 5) is 18.2. The third-order valence-electron chi connectivity index (χ3n) is 2.07. The van der Waals surface area contributed by atoms with Gasteiger partial charge in [-0.15, -0.1) is 11.3 Å². The molecule has 0 N–H and O–H groups in total. The Bertz CT molecular complexity index is 392. The van der Waals surface area contributed by atoms with Crippen LogP contribution in [0.4, 0.5) is 0 Å². The van der Waals surface area contributed by atoms with E-state index in [9.17, 15) is 4.79 Å². The zero-order chi connectivity index (χ0) is 11.4. The molecule has 0 aromatic carbocycles. The lowest BCUT2D eigenvalue weighted by Crippen LogP contribution is -2.37. The summed E-state index contributed by atoms with van der Waals surface area (Å²) in [6.07, 6.45) is 0. The molecule has 0 spiro atoms. The van der Waals surface area contributed by atoms with Crippen molar-refractivity contribution in [3.8, 4) is 6.07 Å². The Morgan fingerprint density at radius 3 is 2.80 bits per heavy atom. The molecule has 1 heterocycles. The number of thiazole rings is 1. The fourth-order valence-corrected chi connectivity index (χ4v) is 1.96. The predicted octanol–water partition coefficient (Wildman–Crippen LogP) is 1.83. The van der Waals surface area contributed by atoms with Crippen LogP contribution < -0.4 is 0 Å². The summed E-state index contributed by atoms with van der Waals surface area (Å²) >= 11 is 1.32. The molecule has 0 aliphatic rings. The van der Waals surface area contributed by atoms with E-state index in [0.717, 1.165) is 5.69 Å². The number of hydrogen-bond acceptors (Lipinski definition) is 4. The Morgan fingerprint density at radius 1 is 1.73 bits per heavy atom. The first-order valence-electron chi connectivity index (χ1n) is 4.66. The summed E-state index contributed by atoms with van der Waals surface area (Å²) in [5, 5.41) is 8.65. The highest BCUT2D eigenvalue weighted by Gasteiger charge is 2.21. The molecule has 15 heavy (non-hydrogen) atoms. The maximum atomic E-state index is 12.0. The highest BCUT2D eigenvalue weighted by atomic mass is 32.1. The number of rotatable bonds is 3. The van der Waals surface area contributed by atoms with Gasteiger partial charge in [0, 0.05) is 6.04 Å². The van der Waals surface area contributed by atoms with Gasteiger partial charge in [-0.3, -0.25) is 4.79 Å². The molecule has 0 saturated heterocycles. The number of hydrogen-bond donors (Lipinski definition) is 0. The third kappa shape index (κ3) is 2.54. The molecule has 0 atom stereocenters. The second-order valence-electron chi connectivity index (χ2n) is 3.45. The maximum Gasteiger partial charge on any atom is 0.266 e. The quantitative estimate of drug-likeness (QED) is 0.734. The largest absolute Gasteiger partial charge is 0.322 e. The molecule has 80 valence electrons. The molecule has 0 radical (unpaired) electrons. The van der Waals surface area contributed by atoms with Gasteiger partial charge in [0.15, 0.2) is 0 Å². The van der Waals surface area contributed by atoms with Crippen molar-refractivity contribution in [1.82, 2.24) is 9.88 Å². The summed E-state index contributed by atoms with van der Waals surface area (Å²) in [5.74, 6) is -0.105. The van der Waals surface area contributed by atoms with Crippen LogP contribution in [0.3, 0.4) is 0 Å². The number of carbonyl (C=O) groups is 1. The fraction of sp³-hybridized carbons (Fsp3) is 0.500. The van der Waals surface area contributed by atoms with E-state index < -0.39 is 0 Å². The molecule has 4 nitrogen and oxygen atoms in total. The van der Waals surface area contributed by atoms with Gasteiger partial charge in [-0.05, 0) is 20.8 Å². The molecule has 0 aliphatic carbocycles. The standard InChI is InChI=1S/C10H13N3OS/c1-7(2)13(5-4-11)10(14)9-8(3)12-6-15-9/h6-7H,5H2,1-3H3. The minimum absolute atomic E-state index is 0.0265. The van der Waals surface area contributed by atoms with E-state index in [1.165, 1.54) is 11.3 Å². The lowest BCUT2D eigenvalue weighted by atomic mass is 10.2. The van der Waals surface area contributed by atoms with Crippen molar-refractivity contribution >= 4 is 17.2 Å². The highest BCUT2D eigenvalue weighted by molar-refractivity contribution is 7.11. The first kappa shape index (κ1) is 11.7. The number of amides is 1. The second kappa shape index (κ2) is 4.89. The van der Waals surface area contributed by atoms with Crippen LogP contribution >= 0.6 is 11.3 Å². The summed E-state index contributed by atoms with van der Waals surface area (Å²) in [6.45, 7) is 5.71. The van der Waals surface area contributed by atoms with E-state index in [1.54, 1.807) is 17.3 Å². The van der Waals surface area contributed by atoms with Gasteiger partial charge in [0.1, 0.15) is 11.4 Å². The van der Waals surface area contributed by atoms with Crippen LogP contribution in [0.1, 0.15) is 29.2 Å². The minimum atomic E-state index is -0.105. The molecular weight excluding hydrogens is 210 g/mol. The maximum absolute atomic E-state index is 12.0. The average Bonchev–Trinajstić information content (AvgIpc) is 2.59. The molecule has 1 aromatic rings. The van der Waals surface area contributed by atoms with Gasteiger partial charge in [0.2, 0.25) is 0 Å². The Labute approximate surface area is 93.2 Å². The molecule has 5 heteroatoms. The van der Waals surface area contributed by atoms with Crippen LogP contribution in [0.5, 0.6) is 0 Å². The van der Waals surface area contributed by atoms with E-state index in [0.29, 0.717) is 4.88 Å². The summed E-state index contributed by atoms with van der Waals surface area (Å²) < 4.78 is 0. The van der Waals surface area contributed by atoms with Crippen LogP contribution in [0.15, 0.2) is 5.51 Å². The third-order valence-corrected chi connectivity index (χ3v) is 2.98. The van der Waals surface area contributed by atoms with Gasteiger partial charge >= 0.3 is 0 Å². The summed E-state index contributed by atoms with van der Waals surface area (Å²) in [6, 6.07) is 2.03. The van der Waals surface area contributed by atoms with Gasteiger partial charge in [-0.2, -0.15) is 5.26 Å². The van der Waals surface area contributed by atoms with Crippen LogP contribution in [0.25, 0.3) is 0 Å². The Kier molecular flexibility index (Phi) is 3.81. The smallest absolute Gasteiger partial charge is 0.266 e. The van der Waals surface area contributed by atoms with Crippen molar-refractivity contribution in [1.29, 1.82) is 5.26 Å². The Balaban J connectivity index is 2.92. The monoisotopic (exact) mass is 223 g/mol. The average molecular weight is 223 g/mol. The fourth-order valence-electron chi connectivity index (χ4n) is 1.20. The van der Waals surface area contributed by atoms with Gasteiger partial charge in [-0.1, -0.05) is 0 Å².